The molecule has 128 valence electrons. The number of carbonyl (C=O) groups is 1. The number of phenolic OH excluding ortho intramolecular Hbond substituents is 1. The van der Waals surface area contributed by atoms with Gasteiger partial charge < -0.3 is 15.2 Å². The van der Waals surface area contributed by atoms with Crippen LogP contribution in [0.4, 0.5) is 5.69 Å². The van der Waals surface area contributed by atoms with Crippen molar-refractivity contribution in [2.24, 2.45) is 0 Å². The van der Waals surface area contributed by atoms with Gasteiger partial charge in [0.05, 0.1) is 10.7 Å². The highest BCUT2D eigenvalue weighted by atomic mass is 127. The molecule has 6 heteroatoms. The zero-order valence-corrected chi connectivity index (χ0v) is 16.2. The molecular formula is C19H17IN2O3. The van der Waals surface area contributed by atoms with Crippen molar-refractivity contribution in [3.8, 4) is 17.6 Å². The molecule has 2 N–H and O–H groups in total. The minimum absolute atomic E-state index is 0.0262. The van der Waals surface area contributed by atoms with Crippen molar-refractivity contribution in [3.63, 3.8) is 0 Å². The van der Waals surface area contributed by atoms with E-state index >= 15 is 0 Å². The van der Waals surface area contributed by atoms with E-state index in [9.17, 15) is 15.2 Å². The van der Waals surface area contributed by atoms with E-state index in [0.29, 0.717) is 14.8 Å². The first-order valence-corrected chi connectivity index (χ1v) is 8.50. The van der Waals surface area contributed by atoms with E-state index in [-0.39, 0.29) is 17.1 Å². The van der Waals surface area contributed by atoms with E-state index < -0.39 is 5.91 Å². The lowest BCUT2D eigenvalue weighted by Crippen LogP contribution is -2.13. The average Bonchev–Trinajstić information content (AvgIpc) is 2.58. The monoisotopic (exact) mass is 448 g/mol. The summed E-state index contributed by atoms with van der Waals surface area (Å²) in [6.45, 7) is 3.94. The predicted octanol–water partition coefficient (Wildman–Crippen LogP) is 4.17. The van der Waals surface area contributed by atoms with Crippen LogP contribution in [-0.4, -0.2) is 18.1 Å². The molecule has 0 aromatic heterocycles. The number of ether oxygens (including phenoxy) is 1. The van der Waals surface area contributed by atoms with Crippen LogP contribution < -0.4 is 10.1 Å². The molecule has 0 fully saturated rings. The van der Waals surface area contributed by atoms with Gasteiger partial charge in [-0.05, 0) is 83.5 Å². The Kier molecular flexibility index (Phi) is 6.04. The van der Waals surface area contributed by atoms with Crippen LogP contribution >= 0.6 is 22.6 Å². The Morgan fingerprint density at radius 2 is 2.00 bits per heavy atom. The summed E-state index contributed by atoms with van der Waals surface area (Å²) in [6, 6.07) is 10.7. The predicted molar refractivity (Wildman–Crippen MR) is 106 cm³/mol. The molecule has 2 aromatic carbocycles. The number of aromatic hydroxyl groups is 1. The number of hydrogen-bond donors (Lipinski definition) is 2. The summed E-state index contributed by atoms with van der Waals surface area (Å²) in [5, 5.41) is 21.9. The fourth-order valence-corrected chi connectivity index (χ4v) is 2.79. The Balaban J connectivity index is 2.31. The second-order valence-corrected chi connectivity index (χ2v) is 6.64. The van der Waals surface area contributed by atoms with E-state index in [2.05, 4.69) is 5.32 Å². The van der Waals surface area contributed by atoms with E-state index in [0.717, 1.165) is 11.1 Å². The van der Waals surface area contributed by atoms with Gasteiger partial charge in [0.15, 0.2) is 11.5 Å². The standard InChI is InChI=1S/C19H17IN2O3/c1-11-4-5-15(6-12(11)2)22-19(24)14(10-21)7-13-8-16(20)18(23)17(9-13)25-3/h4-9,23H,1-3H3,(H,22,24)/b14-7+. The molecule has 0 aliphatic carbocycles. The smallest absolute Gasteiger partial charge is 0.266 e. The molecule has 0 bridgehead atoms. The Labute approximate surface area is 160 Å². The third-order valence-electron chi connectivity index (χ3n) is 3.71. The number of aryl methyl sites for hydroxylation is 2. The first-order chi connectivity index (χ1) is 11.8. The minimum Gasteiger partial charge on any atom is -0.504 e. The average molecular weight is 448 g/mol. The van der Waals surface area contributed by atoms with Crippen LogP contribution in [0.3, 0.4) is 0 Å². The minimum atomic E-state index is -0.493. The Bertz CT molecular complexity index is 898. The molecule has 25 heavy (non-hydrogen) atoms. The highest BCUT2D eigenvalue weighted by Gasteiger charge is 2.12. The summed E-state index contributed by atoms with van der Waals surface area (Å²) in [5.74, 6) is -0.184. The fourth-order valence-electron chi connectivity index (χ4n) is 2.17. The van der Waals surface area contributed by atoms with E-state index in [1.54, 1.807) is 18.2 Å². The largest absolute Gasteiger partial charge is 0.504 e. The van der Waals surface area contributed by atoms with Crippen LogP contribution in [0.5, 0.6) is 11.5 Å². The maximum absolute atomic E-state index is 12.4. The number of carbonyl (C=O) groups excluding carboxylic acids is 1. The second-order valence-electron chi connectivity index (χ2n) is 5.48. The quantitative estimate of drug-likeness (QED) is 0.418. The third-order valence-corrected chi connectivity index (χ3v) is 4.53. The number of nitrogens with one attached hydrogen (secondary N) is 1. The van der Waals surface area contributed by atoms with Gasteiger partial charge in [-0.3, -0.25) is 4.79 Å². The van der Waals surface area contributed by atoms with E-state index in [1.807, 2.05) is 54.6 Å². The molecule has 2 rings (SSSR count). The third kappa shape index (κ3) is 4.51. The number of methoxy groups -OCH3 is 1. The number of nitrogens with zero attached hydrogens (tertiary/aromatic N) is 1. The van der Waals surface area contributed by atoms with Crippen LogP contribution in [0.2, 0.25) is 0 Å². The zero-order chi connectivity index (χ0) is 18.6. The number of rotatable bonds is 4. The Morgan fingerprint density at radius 1 is 1.28 bits per heavy atom. The summed E-state index contributed by atoms with van der Waals surface area (Å²) in [4.78, 5) is 12.4. The highest BCUT2D eigenvalue weighted by Crippen LogP contribution is 2.33. The Morgan fingerprint density at radius 3 is 2.60 bits per heavy atom. The van der Waals surface area contributed by atoms with Gasteiger partial charge in [0.25, 0.3) is 5.91 Å². The molecule has 1 amide bonds. The lowest BCUT2D eigenvalue weighted by atomic mass is 10.1. The summed E-state index contributed by atoms with van der Waals surface area (Å²) in [6.07, 6.45) is 1.46. The molecule has 0 atom stereocenters. The van der Waals surface area contributed by atoms with Crippen LogP contribution in [0.25, 0.3) is 6.08 Å². The zero-order valence-electron chi connectivity index (χ0n) is 14.1. The van der Waals surface area contributed by atoms with Crippen molar-refractivity contribution in [1.82, 2.24) is 0 Å². The molecule has 0 heterocycles. The van der Waals surface area contributed by atoms with Crippen molar-refractivity contribution in [2.75, 3.05) is 12.4 Å². The topological polar surface area (TPSA) is 82.3 Å². The first kappa shape index (κ1) is 18.8. The number of anilines is 1. The number of phenols is 1. The van der Waals surface area contributed by atoms with Crippen molar-refractivity contribution in [2.45, 2.75) is 13.8 Å². The van der Waals surface area contributed by atoms with Crippen molar-refractivity contribution in [1.29, 1.82) is 5.26 Å². The van der Waals surface area contributed by atoms with Crippen molar-refractivity contribution in [3.05, 3.63) is 56.2 Å². The van der Waals surface area contributed by atoms with Gasteiger partial charge >= 0.3 is 0 Å². The number of benzene rings is 2. The molecule has 0 radical (unpaired) electrons. The van der Waals surface area contributed by atoms with Gasteiger partial charge in [-0.25, -0.2) is 0 Å². The summed E-state index contributed by atoms with van der Waals surface area (Å²) in [7, 11) is 1.44. The van der Waals surface area contributed by atoms with Gasteiger partial charge in [0.2, 0.25) is 0 Å². The number of nitriles is 1. The first-order valence-electron chi connectivity index (χ1n) is 7.42. The van der Waals surface area contributed by atoms with Gasteiger partial charge in [0, 0.05) is 5.69 Å². The number of amides is 1. The molecule has 0 unspecified atom stereocenters. The molecule has 0 spiro atoms. The molecule has 0 saturated heterocycles. The summed E-state index contributed by atoms with van der Waals surface area (Å²) >= 11 is 1.96. The van der Waals surface area contributed by atoms with Crippen LogP contribution in [-0.2, 0) is 4.79 Å². The molecular weight excluding hydrogens is 431 g/mol. The molecule has 0 saturated carbocycles. The molecule has 2 aromatic rings. The lowest BCUT2D eigenvalue weighted by Gasteiger charge is -2.08. The molecule has 5 nitrogen and oxygen atoms in total. The second kappa shape index (κ2) is 8.03. The summed E-state index contributed by atoms with van der Waals surface area (Å²) in [5.41, 5.74) is 3.36. The summed E-state index contributed by atoms with van der Waals surface area (Å²) < 4.78 is 5.66. The highest BCUT2D eigenvalue weighted by molar-refractivity contribution is 14.1. The van der Waals surface area contributed by atoms with Crippen LogP contribution in [0, 0.1) is 28.7 Å². The Hall–Kier alpha value is -2.53. The maximum Gasteiger partial charge on any atom is 0.266 e. The van der Waals surface area contributed by atoms with Gasteiger partial charge in [0.1, 0.15) is 11.6 Å². The van der Waals surface area contributed by atoms with Gasteiger partial charge in [-0.15, -0.1) is 0 Å². The van der Waals surface area contributed by atoms with Crippen molar-refractivity contribution < 1.29 is 14.6 Å². The number of halogens is 1. The van der Waals surface area contributed by atoms with Gasteiger partial charge in [-0.2, -0.15) is 5.26 Å². The number of hydrogen-bond acceptors (Lipinski definition) is 4. The maximum atomic E-state index is 12.4. The SMILES string of the molecule is COc1cc(/C=C(\C#N)C(=O)Nc2ccc(C)c(C)c2)cc(I)c1O. The normalized spacial score (nSPS) is 10.9. The van der Waals surface area contributed by atoms with Crippen LogP contribution in [0.15, 0.2) is 35.9 Å². The van der Waals surface area contributed by atoms with E-state index in [1.165, 1.54) is 13.2 Å². The fraction of sp³-hybridized carbons (Fsp3) is 0.158. The van der Waals surface area contributed by atoms with Gasteiger partial charge in [-0.1, -0.05) is 6.07 Å². The lowest BCUT2D eigenvalue weighted by molar-refractivity contribution is -0.112. The van der Waals surface area contributed by atoms with Crippen molar-refractivity contribution >= 4 is 40.3 Å². The van der Waals surface area contributed by atoms with E-state index in [4.69, 9.17) is 4.74 Å². The molecule has 0 aliphatic rings. The van der Waals surface area contributed by atoms with Crippen LogP contribution in [0.1, 0.15) is 16.7 Å². The molecule has 0 aliphatic heterocycles.